The summed E-state index contributed by atoms with van der Waals surface area (Å²) in [7, 11) is 0. The largest absolute Gasteiger partial charge is 0.355 e. The lowest BCUT2D eigenvalue weighted by atomic mass is 10.1. The molecule has 1 fully saturated rings. The van der Waals surface area contributed by atoms with Crippen molar-refractivity contribution in [3.63, 3.8) is 0 Å². The van der Waals surface area contributed by atoms with Gasteiger partial charge in [0.25, 0.3) is 0 Å². The maximum absolute atomic E-state index is 11.7. The van der Waals surface area contributed by atoms with Gasteiger partial charge in [0.1, 0.15) is 0 Å². The fourth-order valence-electron chi connectivity index (χ4n) is 2.08. The monoisotopic (exact) mass is 348 g/mol. The van der Waals surface area contributed by atoms with Gasteiger partial charge in [-0.05, 0) is 49.8 Å². The number of rotatable bonds is 7. The van der Waals surface area contributed by atoms with Crippen molar-refractivity contribution in [3.05, 3.63) is 29.3 Å². The second-order valence-electron chi connectivity index (χ2n) is 5.78. The summed E-state index contributed by atoms with van der Waals surface area (Å²) in [6.07, 6.45) is 2.49. The van der Waals surface area contributed by atoms with Crippen molar-refractivity contribution in [3.8, 4) is 0 Å². The smallest absolute Gasteiger partial charge is 0.230 e. The highest BCUT2D eigenvalue weighted by Crippen LogP contribution is 2.30. The number of hydrogen-bond donors (Lipinski definition) is 2. The average Bonchev–Trinajstić information content (AvgIpc) is 3.26. The van der Waals surface area contributed by atoms with Crippen LogP contribution in [0.2, 0.25) is 0 Å². The van der Waals surface area contributed by atoms with Gasteiger partial charge in [-0.3, -0.25) is 4.79 Å². The highest BCUT2D eigenvalue weighted by molar-refractivity contribution is 8.01. The number of amides is 1. The molecule has 1 aromatic heterocycles. The van der Waals surface area contributed by atoms with Gasteiger partial charge in [0, 0.05) is 12.2 Å². The van der Waals surface area contributed by atoms with E-state index < -0.39 is 0 Å². The van der Waals surface area contributed by atoms with Gasteiger partial charge in [-0.2, -0.15) is 0 Å². The maximum Gasteiger partial charge on any atom is 0.230 e. The second-order valence-corrected chi connectivity index (χ2v) is 7.98. The molecule has 1 heterocycles. The van der Waals surface area contributed by atoms with E-state index in [4.69, 9.17) is 0 Å². The molecule has 7 heteroatoms. The number of carbonyl (C=O) groups excluding carboxylic acids is 1. The molecule has 0 bridgehead atoms. The van der Waals surface area contributed by atoms with Gasteiger partial charge in [-0.25, -0.2) is 0 Å². The number of carbonyl (C=O) groups is 1. The molecule has 0 radical (unpaired) electrons. The molecule has 0 saturated heterocycles. The molecule has 0 aliphatic heterocycles. The van der Waals surface area contributed by atoms with E-state index in [-0.39, 0.29) is 5.91 Å². The van der Waals surface area contributed by atoms with Gasteiger partial charge in [-0.1, -0.05) is 35.2 Å². The molecule has 1 aliphatic carbocycles. The topological polar surface area (TPSA) is 66.9 Å². The normalized spacial score (nSPS) is 13.8. The van der Waals surface area contributed by atoms with Crippen LogP contribution < -0.4 is 10.6 Å². The highest BCUT2D eigenvalue weighted by atomic mass is 32.2. The molecule has 3 rings (SSSR count). The van der Waals surface area contributed by atoms with Gasteiger partial charge >= 0.3 is 0 Å². The summed E-state index contributed by atoms with van der Waals surface area (Å²) in [5, 5.41) is 15.3. The fourth-order valence-corrected chi connectivity index (χ4v) is 3.67. The van der Waals surface area contributed by atoms with Crippen LogP contribution in [0, 0.1) is 19.8 Å². The Bertz CT molecular complexity index is 697. The lowest BCUT2D eigenvalue weighted by Crippen LogP contribution is -2.27. The molecule has 5 nitrogen and oxygen atoms in total. The van der Waals surface area contributed by atoms with Crippen LogP contribution >= 0.6 is 23.1 Å². The Kier molecular flexibility index (Phi) is 5.17. The molecule has 0 spiro atoms. The standard InChI is InChI=1S/C16H20N4OS2/c1-10-4-3-5-13(11(10)2)18-15-19-20-16(23-15)22-9-14(21)17-8-12-6-7-12/h3-5,12H,6-9H2,1-2H3,(H,17,21)(H,18,19). The molecule has 1 aliphatic rings. The van der Waals surface area contributed by atoms with E-state index in [0.717, 1.165) is 21.7 Å². The minimum absolute atomic E-state index is 0.0705. The maximum atomic E-state index is 11.7. The summed E-state index contributed by atoms with van der Waals surface area (Å²) in [6, 6.07) is 6.13. The average molecular weight is 348 g/mol. The number of hydrogen-bond acceptors (Lipinski definition) is 6. The Morgan fingerprint density at radius 1 is 1.35 bits per heavy atom. The summed E-state index contributed by atoms with van der Waals surface area (Å²) in [6.45, 7) is 4.98. The number of thioether (sulfide) groups is 1. The molecule has 2 N–H and O–H groups in total. The van der Waals surface area contributed by atoms with Gasteiger partial charge < -0.3 is 10.6 Å². The summed E-state index contributed by atoms with van der Waals surface area (Å²) < 4.78 is 0.805. The molecule has 1 amide bonds. The third kappa shape index (κ3) is 4.68. The number of nitrogens with one attached hydrogen (secondary N) is 2. The fraction of sp³-hybridized carbons (Fsp3) is 0.438. The Hall–Kier alpha value is -1.60. The predicted octanol–water partition coefficient (Wildman–Crippen LogP) is 3.52. The van der Waals surface area contributed by atoms with E-state index in [1.165, 1.54) is 47.1 Å². The van der Waals surface area contributed by atoms with E-state index in [9.17, 15) is 4.79 Å². The SMILES string of the molecule is Cc1cccc(Nc2nnc(SCC(=O)NCC3CC3)s2)c1C. The van der Waals surface area contributed by atoms with Crippen molar-refractivity contribution in [2.24, 2.45) is 5.92 Å². The van der Waals surface area contributed by atoms with E-state index in [0.29, 0.717) is 11.7 Å². The van der Waals surface area contributed by atoms with Gasteiger partial charge in [0.15, 0.2) is 4.34 Å². The summed E-state index contributed by atoms with van der Waals surface area (Å²) in [4.78, 5) is 11.7. The van der Waals surface area contributed by atoms with Crippen LogP contribution in [0.3, 0.4) is 0 Å². The molecule has 1 aromatic carbocycles. The zero-order chi connectivity index (χ0) is 16.2. The third-order valence-corrected chi connectivity index (χ3v) is 5.84. The molecule has 122 valence electrons. The predicted molar refractivity (Wildman–Crippen MR) is 95.6 cm³/mol. The first kappa shape index (κ1) is 16.3. The zero-order valence-corrected chi connectivity index (χ0v) is 14.9. The summed E-state index contributed by atoms with van der Waals surface area (Å²) in [5.41, 5.74) is 3.48. The summed E-state index contributed by atoms with van der Waals surface area (Å²) >= 11 is 2.90. The summed E-state index contributed by atoms with van der Waals surface area (Å²) in [5.74, 6) is 1.17. The van der Waals surface area contributed by atoms with Crippen molar-refractivity contribution < 1.29 is 4.79 Å². The first-order valence-electron chi connectivity index (χ1n) is 7.68. The number of nitrogens with zero attached hydrogens (tertiary/aromatic N) is 2. The minimum Gasteiger partial charge on any atom is -0.355 e. The van der Waals surface area contributed by atoms with Crippen LogP contribution in [0.15, 0.2) is 22.5 Å². The van der Waals surface area contributed by atoms with Crippen LogP contribution in [0.4, 0.5) is 10.8 Å². The van der Waals surface area contributed by atoms with Crippen molar-refractivity contribution in [1.29, 1.82) is 0 Å². The van der Waals surface area contributed by atoms with E-state index in [1.54, 1.807) is 0 Å². The molecule has 23 heavy (non-hydrogen) atoms. The van der Waals surface area contributed by atoms with Crippen LogP contribution in [0.5, 0.6) is 0 Å². The van der Waals surface area contributed by atoms with Crippen molar-refractivity contribution in [1.82, 2.24) is 15.5 Å². The van der Waals surface area contributed by atoms with E-state index in [1.807, 2.05) is 12.1 Å². The van der Waals surface area contributed by atoms with Crippen LogP contribution in [0.25, 0.3) is 0 Å². The number of anilines is 2. The number of benzene rings is 1. The molecule has 2 aromatic rings. The quantitative estimate of drug-likeness (QED) is 0.750. The van der Waals surface area contributed by atoms with Gasteiger partial charge in [-0.15, -0.1) is 10.2 Å². The van der Waals surface area contributed by atoms with Gasteiger partial charge in [0.2, 0.25) is 11.0 Å². The lowest BCUT2D eigenvalue weighted by molar-refractivity contribution is -0.118. The van der Waals surface area contributed by atoms with Gasteiger partial charge in [0.05, 0.1) is 5.75 Å². The Morgan fingerprint density at radius 2 is 2.17 bits per heavy atom. The van der Waals surface area contributed by atoms with Crippen LogP contribution in [-0.2, 0) is 4.79 Å². The molecular formula is C16H20N4OS2. The second kappa shape index (κ2) is 7.31. The van der Waals surface area contributed by atoms with Crippen molar-refractivity contribution >= 4 is 39.8 Å². The minimum atomic E-state index is 0.0705. The Morgan fingerprint density at radius 3 is 2.96 bits per heavy atom. The van der Waals surface area contributed by atoms with Crippen molar-refractivity contribution in [2.75, 3.05) is 17.6 Å². The Balaban J connectivity index is 1.51. The highest BCUT2D eigenvalue weighted by Gasteiger charge is 2.21. The molecule has 1 saturated carbocycles. The van der Waals surface area contributed by atoms with E-state index in [2.05, 4.69) is 40.7 Å². The molecular weight excluding hydrogens is 328 g/mol. The van der Waals surface area contributed by atoms with Crippen LogP contribution in [0.1, 0.15) is 24.0 Å². The zero-order valence-electron chi connectivity index (χ0n) is 13.3. The van der Waals surface area contributed by atoms with Crippen LogP contribution in [-0.4, -0.2) is 28.4 Å². The van der Waals surface area contributed by atoms with Crippen molar-refractivity contribution in [2.45, 2.75) is 31.0 Å². The molecule has 0 atom stereocenters. The number of aromatic nitrogens is 2. The number of aryl methyl sites for hydroxylation is 1. The lowest BCUT2D eigenvalue weighted by Gasteiger charge is -2.08. The third-order valence-electron chi connectivity index (χ3n) is 3.86. The molecule has 0 unspecified atom stereocenters. The first-order chi connectivity index (χ1) is 11.1. The Labute approximate surface area is 144 Å². The van der Waals surface area contributed by atoms with E-state index >= 15 is 0 Å². The first-order valence-corrected chi connectivity index (χ1v) is 9.48.